The maximum absolute atomic E-state index is 6.16. The lowest BCUT2D eigenvalue weighted by molar-refractivity contribution is 0.233. The number of nitrogens with one attached hydrogen (secondary N) is 2. The van der Waals surface area contributed by atoms with Crippen molar-refractivity contribution in [3.05, 3.63) is 22.5 Å². The zero-order valence-corrected chi connectivity index (χ0v) is 10.2. The van der Waals surface area contributed by atoms with E-state index in [1.165, 1.54) is 5.56 Å². The van der Waals surface area contributed by atoms with Gasteiger partial charge in [-0.25, -0.2) is 0 Å². The molecule has 0 amide bonds. The number of nitrogens with zero attached hydrogens (tertiary/aromatic N) is 1. The first-order valence-corrected chi connectivity index (χ1v) is 6.17. The van der Waals surface area contributed by atoms with E-state index in [1.807, 2.05) is 0 Å². The molecule has 0 unspecified atom stereocenters. The Morgan fingerprint density at radius 2 is 2.12 bits per heavy atom. The van der Waals surface area contributed by atoms with Gasteiger partial charge in [0.25, 0.3) is 0 Å². The fraction of sp³-hybridized carbons (Fsp3) is 0.636. The highest BCUT2D eigenvalue weighted by Crippen LogP contribution is 2.19. The third-order valence-corrected chi connectivity index (χ3v) is 3.26. The van der Waals surface area contributed by atoms with E-state index in [4.69, 9.17) is 17.3 Å². The van der Waals surface area contributed by atoms with Gasteiger partial charge in [-0.05, 0) is 19.0 Å². The Hall–Kier alpha value is -0.550. The maximum atomic E-state index is 6.16. The van der Waals surface area contributed by atoms with Crippen LogP contribution in [0.4, 0.5) is 0 Å². The van der Waals surface area contributed by atoms with Gasteiger partial charge in [-0.2, -0.15) is 0 Å². The normalized spacial score (nSPS) is 17.9. The molecule has 0 atom stereocenters. The quantitative estimate of drug-likeness (QED) is 0.724. The molecule has 16 heavy (non-hydrogen) atoms. The maximum Gasteiger partial charge on any atom is 0.111 e. The van der Waals surface area contributed by atoms with E-state index in [9.17, 15) is 0 Å². The average Bonchev–Trinajstić information content (AvgIpc) is 2.61. The molecule has 1 aromatic heterocycles. The standard InChI is InChI=1S/C11H19ClN4/c12-11-9(7-10(15-11)1-2-13)8-16-5-3-14-4-6-16/h7,14-15H,1-6,8,13H2. The predicted octanol–water partition coefficient (Wildman–Crippen LogP) is 0.574. The average molecular weight is 243 g/mol. The second-order valence-corrected chi connectivity index (χ2v) is 4.58. The number of aromatic nitrogens is 1. The van der Waals surface area contributed by atoms with Gasteiger partial charge in [0.15, 0.2) is 0 Å². The summed E-state index contributed by atoms with van der Waals surface area (Å²) in [7, 11) is 0. The molecule has 1 aromatic rings. The summed E-state index contributed by atoms with van der Waals surface area (Å²) in [5.74, 6) is 0. The fourth-order valence-electron chi connectivity index (χ4n) is 2.05. The van der Waals surface area contributed by atoms with Gasteiger partial charge in [-0.1, -0.05) is 11.6 Å². The van der Waals surface area contributed by atoms with Crippen molar-refractivity contribution >= 4 is 11.6 Å². The minimum Gasteiger partial charge on any atom is -0.349 e. The van der Waals surface area contributed by atoms with Gasteiger partial charge < -0.3 is 16.0 Å². The van der Waals surface area contributed by atoms with Crippen LogP contribution in [0.2, 0.25) is 5.15 Å². The first kappa shape index (κ1) is 11.9. The Balaban J connectivity index is 1.96. The van der Waals surface area contributed by atoms with Crippen LogP contribution in [0.5, 0.6) is 0 Å². The Bertz CT molecular complexity index is 331. The van der Waals surface area contributed by atoms with Gasteiger partial charge >= 0.3 is 0 Å². The molecular weight excluding hydrogens is 224 g/mol. The highest BCUT2D eigenvalue weighted by molar-refractivity contribution is 6.30. The second-order valence-electron chi connectivity index (χ2n) is 4.20. The predicted molar refractivity (Wildman–Crippen MR) is 66.7 cm³/mol. The third-order valence-electron chi connectivity index (χ3n) is 2.92. The van der Waals surface area contributed by atoms with Gasteiger partial charge in [0.2, 0.25) is 0 Å². The molecule has 4 nitrogen and oxygen atoms in total. The first-order chi connectivity index (χ1) is 7.79. The lowest BCUT2D eigenvalue weighted by atomic mass is 10.2. The molecule has 5 heteroatoms. The number of piperazine rings is 1. The van der Waals surface area contributed by atoms with Crippen molar-refractivity contribution in [3.63, 3.8) is 0 Å². The van der Waals surface area contributed by atoms with Crippen LogP contribution in [0.15, 0.2) is 6.07 Å². The number of rotatable bonds is 4. The van der Waals surface area contributed by atoms with E-state index >= 15 is 0 Å². The first-order valence-electron chi connectivity index (χ1n) is 5.79. The smallest absolute Gasteiger partial charge is 0.111 e. The number of aromatic amines is 1. The molecule has 1 aliphatic heterocycles. The van der Waals surface area contributed by atoms with Crippen LogP contribution < -0.4 is 11.1 Å². The Morgan fingerprint density at radius 3 is 2.81 bits per heavy atom. The zero-order chi connectivity index (χ0) is 11.4. The number of hydrogen-bond donors (Lipinski definition) is 3. The van der Waals surface area contributed by atoms with Gasteiger partial charge in [0.1, 0.15) is 5.15 Å². The molecule has 2 heterocycles. The number of nitrogens with two attached hydrogens (primary N) is 1. The topological polar surface area (TPSA) is 57.1 Å². The van der Waals surface area contributed by atoms with Crippen LogP contribution in [-0.4, -0.2) is 42.6 Å². The van der Waals surface area contributed by atoms with Gasteiger partial charge in [0, 0.05) is 44.0 Å². The number of halogens is 1. The Morgan fingerprint density at radius 1 is 1.38 bits per heavy atom. The van der Waals surface area contributed by atoms with E-state index in [2.05, 4.69) is 21.3 Å². The molecule has 0 aromatic carbocycles. The van der Waals surface area contributed by atoms with Crippen molar-refractivity contribution in [1.82, 2.24) is 15.2 Å². The van der Waals surface area contributed by atoms with E-state index in [1.54, 1.807) is 0 Å². The minimum absolute atomic E-state index is 0.657. The largest absolute Gasteiger partial charge is 0.349 e. The summed E-state index contributed by atoms with van der Waals surface area (Å²) in [6.45, 7) is 5.91. The summed E-state index contributed by atoms with van der Waals surface area (Å²) < 4.78 is 0. The van der Waals surface area contributed by atoms with Gasteiger partial charge in [0.05, 0.1) is 0 Å². The molecule has 1 saturated heterocycles. The van der Waals surface area contributed by atoms with E-state index in [-0.39, 0.29) is 0 Å². The van der Waals surface area contributed by atoms with Crippen molar-refractivity contribution < 1.29 is 0 Å². The summed E-state index contributed by atoms with van der Waals surface area (Å²) >= 11 is 6.16. The van der Waals surface area contributed by atoms with Crippen LogP contribution in [0.1, 0.15) is 11.3 Å². The Labute approximate surface area is 101 Å². The molecule has 2 rings (SSSR count). The summed E-state index contributed by atoms with van der Waals surface area (Å²) in [5.41, 5.74) is 7.85. The number of hydrogen-bond acceptors (Lipinski definition) is 3. The van der Waals surface area contributed by atoms with Crippen molar-refractivity contribution in [1.29, 1.82) is 0 Å². The van der Waals surface area contributed by atoms with Crippen molar-refractivity contribution in [2.24, 2.45) is 5.73 Å². The van der Waals surface area contributed by atoms with Crippen molar-refractivity contribution in [2.75, 3.05) is 32.7 Å². The molecule has 0 aliphatic carbocycles. The molecule has 0 spiro atoms. The molecule has 1 fully saturated rings. The lowest BCUT2D eigenvalue weighted by Crippen LogP contribution is -2.42. The Kier molecular flexibility index (Phi) is 4.23. The molecule has 0 saturated carbocycles. The molecule has 0 radical (unpaired) electrons. The summed E-state index contributed by atoms with van der Waals surface area (Å²) in [4.78, 5) is 5.59. The van der Waals surface area contributed by atoms with Crippen LogP contribution in [0.25, 0.3) is 0 Å². The summed E-state index contributed by atoms with van der Waals surface area (Å²) in [5, 5.41) is 4.11. The SMILES string of the molecule is NCCc1cc(CN2CCNCC2)c(Cl)[nH]1. The van der Waals surface area contributed by atoms with E-state index in [0.29, 0.717) is 6.54 Å². The fourth-order valence-corrected chi connectivity index (χ4v) is 2.28. The van der Waals surface area contributed by atoms with Crippen LogP contribution >= 0.6 is 11.6 Å². The van der Waals surface area contributed by atoms with E-state index < -0.39 is 0 Å². The molecular formula is C11H19ClN4. The summed E-state index contributed by atoms with van der Waals surface area (Å²) in [6.07, 6.45) is 0.862. The minimum atomic E-state index is 0.657. The van der Waals surface area contributed by atoms with Crippen LogP contribution in [0, 0.1) is 0 Å². The summed E-state index contributed by atoms with van der Waals surface area (Å²) in [6, 6.07) is 2.14. The highest BCUT2D eigenvalue weighted by Gasteiger charge is 2.13. The highest BCUT2D eigenvalue weighted by atomic mass is 35.5. The van der Waals surface area contributed by atoms with Crippen molar-refractivity contribution in [3.8, 4) is 0 Å². The van der Waals surface area contributed by atoms with Gasteiger partial charge in [-0.15, -0.1) is 0 Å². The number of H-pyrrole nitrogens is 1. The molecule has 4 N–H and O–H groups in total. The third kappa shape index (κ3) is 2.98. The van der Waals surface area contributed by atoms with E-state index in [0.717, 1.165) is 50.0 Å². The lowest BCUT2D eigenvalue weighted by Gasteiger charge is -2.26. The zero-order valence-electron chi connectivity index (χ0n) is 9.43. The molecule has 90 valence electrons. The monoisotopic (exact) mass is 242 g/mol. The molecule has 0 bridgehead atoms. The molecule has 1 aliphatic rings. The second kappa shape index (κ2) is 5.68. The van der Waals surface area contributed by atoms with Crippen LogP contribution in [-0.2, 0) is 13.0 Å². The van der Waals surface area contributed by atoms with Crippen molar-refractivity contribution in [2.45, 2.75) is 13.0 Å². The van der Waals surface area contributed by atoms with Gasteiger partial charge in [-0.3, -0.25) is 4.90 Å². The van der Waals surface area contributed by atoms with Crippen LogP contribution in [0.3, 0.4) is 0 Å².